The molecule has 2 aromatic rings. The minimum atomic E-state index is -3.00. The van der Waals surface area contributed by atoms with Gasteiger partial charge in [-0.1, -0.05) is 23.7 Å². The number of nitrogens with zero attached hydrogens (tertiary/aromatic N) is 4. The fraction of sp³-hybridized carbons (Fsp3) is 0.200. The van der Waals surface area contributed by atoms with E-state index in [1.54, 1.807) is 31.3 Å². The molecule has 1 atom stereocenters. The molecule has 0 aliphatic carbocycles. The summed E-state index contributed by atoms with van der Waals surface area (Å²) in [5, 5.41) is 29.4. The van der Waals surface area contributed by atoms with E-state index in [0.717, 1.165) is 5.56 Å². The van der Waals surface area contributed by atoms with Gasteiger partial charge in [-0.2, -0.15) is 19.1 Å². The molecule has 0 saturated heterocycles. The highest BCUT2D eigenvalue weighted by atomic mass is 35.5. The molecule has 12 heteroatoms. The Kier molecular flexibility index (Phi) is 7.07. The van der Waals surface area contributed by atoms with Gasteiger partial charge in [-0.25, -0.2) is 14.8 Å². The molecular weight excluding hydrogens is 446 g/mol. The Morgan fingerprint density at radius 3 is 2.84 bits per heavy atom. The number of amides is 1. The zero-order valence-corrected chi connectivity index (χ0v) is 17.3. The molecule has 0 radical (unpaired) electrons. The van der Waals surface area contributed by atoms with E-state index in [1.807, 2.05) is 0 Å². The maximum atomic E-state index is 12.5. The quantitative estimate of drug-likeness (QED) is 0.270. The molecule has 9 nitrogen and oxygen atoms in total. The highest BCUT2D eigenvalue weighted by Crippen LogP contribution is 2.24. The zero-order valence-electron chi connectivity index (χ0n) is 16.6. The Bertz CT molecular complexity index is 1120. The van der Waals surface area contributed by atoms with Crippen LogP contribution >= 0.6 is 11.6 Å². The molecule has 3 N–H and O–H groups in total. The molecule has 2 aromatic carbocycles. The van der Waals surface area contributed by atoms with Crippen LogP contribution in [-0.4, -0.2) is 47.1 Å². The molecule has 32 heavy (non-hydrogen) atoms. The summed E-state index contributed by atoms with van der Waals surface area (Å²) >= 11 is 6.08. The zero-order chi connectivity index (χ0) is 23.3. The first-order valence-corrected chi connectivity index (χ1v) is 9.55. The van der Waals surface area contributed by atoms with Crippen LogP contribution < -0.4 is 15.4 Å². The number of hydrogen-bond acceptors (Lipinski definition) is 5. The number of nitriles is 1. The lowest BCUT2D eigenvalue weighted by Gasteiger charge is -2.17. The van der Waals surface area contributed by atoms with E-state index in [1.165, 1.54) is 29.3 Å². The standard InChI is InChI=1S/C20H17ClF2N6O3/c1-11-7-12(5-6-15(11)21)17-16(27-20(30)31)9-29(28-17)19(25-10-24)26-13-3-2-4-14(8-13)32-18(22)23/h2-8,16,18,27H,9H2,1H3,(H,25,26)(H,30,31). The molecule has 1 aliphatic rings. The molecule has 0 saturated carbocycles. The van der Waals surface area contributed by atoms with Gasteiger partial charge in [0.1, 0.15) is 5.75 Å². The summed E-state index contributed by atoms with van der Waals surface area (Å²) in [5.41, 5.74) is 2.03. The minimum absolute atomic E-state index is 0.0282. The van der Waals surface area contributed by atoms with E-state index < -0.39 is 18.7 Å². The number of nitrogens with one attached hydrogen (secondary N) is 2. The third kappa shape index (κ3) is 5.61. The largest absolute Gasteiger partial charge is 0.465 e. The summed E-state index contributed by atoms with van der Waals surface area (Å²) < 4.78 is 29.3. The number of aryl methyl sites for hydroxylation is 1. The molecule has 0 spiro atoms. The van der Waals surface area contributed by atoms with Crippen molar-refractivity contribution in [1.82, 2.24) is 15.6 Å². The van der Waals surface area contributed by atoms with Crippen LogP contribution in [0.5, 0.6) is 5.75 Å². The molecule has 166 valence electrons. The molecule has 0 bridgehead atoms. The van der Waals surface area contributed by atoms with Gasteiger partial charge in [-0.05, 0) is 36.8 Å². The van der Waals surface area contributed by atoms with Crippen molar-refractivity contribution in [1.29, 1.82) is 5.26 Å². The van der Waals surface area contributed by atoms with Gasteiger partial charge in [0, 0.05) is 16.7 Å². The van der Waals surface area contributed by atoms with Gasteiger partial charge in [0.15, 0.2) is 6.19 Å². The lowest BCUT2D eigenvalue weighted by atomic mass is 10.0. The summed E-state index contributed by atoms with van der Waals surface area (Å²) in [7, 11) is 0. The highest BCUT2D eigenvalue weighted by Gasteiger charge is 2.32. The Morgan fingerprint density at radius 1 is 1.41 bits per heavy atom. The van der Waals surface area contributed by atoms with Crippen molar-refractivity contribution in [3.8, 4) is 11.9 Å². The van der Waals surface area contributed by atoms with E-state index in [9.17, 15) is 18.7 Å². The summed E-state index contributed by atoms with van der Waals surface area (Å²) in [4.78, 5) is 15.5. The molecule has 3 rings (SSSR count). The van der Waals surface area contributed by atoms with E-state index in [4.69, 9.17) is 16.9 Å². The number of alkyl halides is 2. The van der Waals surface area contributed by atoms with Crippen molar-refractivity contribution < 1.29 is 23.4 Å². The molecule has 1 heterocycles. The number of rotatable bonds is 5. The number of halogens is 3. The average molecular weight is 463 g/mol. The average Bonchev–Trinajstić information content (AvgIpc) is 3.12. The molecule has 1 aliphatic heterocycles. The van der Waals surface area contributed by atoms with E-state index >= 15 is 0 Å². The molecule has 0 fully saturated rings. The van der Waals surface area contributed by atoms with E-state index in [-0.39, 0.29) is 23.9 Å². The van der Waals surface area contributed by atoms with Gasteiger partial charge < -0.3 is 15.2 Å². The normalized spacial score (nSPS) is 15.9. The predicted octanol–water partition coefficient (Wildman–Crippen LogP) is 3.66. The van der Waals surface area contributed by atoms with Gasteiger partial charge in [0.25, 0.3) is 0 Å². The number of ether oxygens (including phenoxy) is 1. The van der Waals surface area contributed by atoms with Gasteiger partial charge in [0.05, 0.1) is 24.0 Å². The minimum Gasteiger partial charge on any atom is -0.465 e. The van der Waals surface area contributed by atoms with Crippen LogP contribution in [0.25, 0.3) is 0 Å². The number of hydrazone groups is 1. The van der Waals surface area contributed by atoms with E-state index in [0.29, 0.717) is 16.3 Å². The Labute approximate surface area is 186 Å². The van der Waals surface area contributed by atoms with Gasteiger partial charge in [-0.3, -0.25) is 5.32 Å². The maximum Gasteiger partial charge on any atom is 0.405 e. The van der Waals surface area contributed by atoms with Crippen molar-refractivity contribution in [3.05, 3.63) is 58.6 Å². The predicted molar refractivity (Wildman–Crippen MR) is 113 cm³/mol. The van der Waals surface area contributed by atoms with Crippen molar-refractivity contribution >= 4 is 35.1 Å². The van der Waals surface area contributed by atoms with Crippen LogP contribution in [0.1, 0.15) is 11.1 Å². The number of hydrogen-bond donors (Lipinski definition) is 3. The maximum absolute atomic E-state index is 12.5. The fourth-order valence-electron chi connectivity index (χ4n) is 3.01. The second-order valence-corrected chi connectivity index (χ2v) is 6.99. The Balaban J connectivity index is 1.97. The monoisotopic (exact) mass is 462 g/mol. The first kappa shape index (κ1) is 22.8. The lowest BCUT2D eigenvalue weighted by molar-refractivity contribution is -0.0498. The topological polar surface area (TPSA) is 122 Å². The third-order valence-electron chi connectivity index (χ3n) is 4.36. The van der Waals surface area contributed by atoms with Crippen molar-refractivity contribution in [2.24, 2.45) is 10.1 Å². The summed E-state index contributed by atoms with van der Waals surface area (Å²) in [6.07, 6.45) is 0.490. The molecule has 1 unspecified atom stereocenters. The number of carbonyl (C=O) groups is 1. The van der Waals surface area contributed by atoms with Gasteiger partial charge in [-0.15, -0.1) is 0 Å². The molecular formula is C20H17ClF2N6O3. The van der Waals surface area contributed by atoms with E-state index in [2.05, 4.69) is 25.5 Å². The van der Waals surface area contributed by atoms with Crippen LogP contribution in [0.3, 0.4) is 0 Å². The highest BCUT2D eigenvalue weighted by molar-refractivity contribution is 6.31. The number of aliphatic imine (C=N–C) groups is 1. The first-order valence-electron chi connectivity index (χ1n) is 9.17. The second-order valence-electron chi connectivity index (χ2n) is 6.58. The smallest absolute Gasteiger partial charge is 0.405 e. The summed E-state index contributed by atoms with van der Waals surface area (Å²) in [5.74, 6) is -0.134. The number of guanidine groups is 1. The Morgan fingerprint density at radius 2 is 2.19 bits per heavy atom. The second kappa shape index (κ2) is 9.93. The summed E-state index contributed by atoms with van der Waals surface area (Å²) in [6, 6.07) is 10.00. The SMILES string of the molecule is Cc1cc(C2=NN(C(=Nc3cccc(OC(F)F)c3)NC#N)CC2NC(=O)O)ccc1Cl. The molecule has 1 amide bonds. The third-order valence-corrected chi connectivity index (χ3v) is 4.78. The van der Waals surface area contributed by atoms with Crippen LogP contribution in [0.15, 0.2) is 52.6 Å². The van der Waals surface area contributed by atoms with Crippen LogP contribution in [0.4, 0.5) is 19.3 Å². The fourth-order valence-corrected chi connectivity index (χ4v) is 3.13. The first-order chi connectivity index (χ1) is 15.3. The van der Waals surface area contributed by atoms with Crippen LogP contribution in [0.2, 0.25) is 5.02 Å². The van der Waals surface area contributed by atoms with Crippen molar-refractivity contribution in [2.75, 3.05) is 6.54 Å². The molecule has 0 aromatic heterocycles. The van der Waals surface area contributed by atoms with Gasteiger partial charge in [0.2, 0.25) is 5.96 Å². The number of carboxylic acid groups (broad SMARTS) is 1. The van der Waals surface area contributed by atoms with Crippen molar-refractivity contribution in [2.45, 2.75) is 19.6 Å². The van der Waals surface area contributed by atoms with Crippen molar-refractivity contribution in [3.63, 3.8) is 0 Å². The Hall–Kier alpha value is -3.91. The van der Waals surface area contributed by atoms with Crippen LogP contribution in [-0.2, 0) is 0 Å². The van der Waals surface area contributed by atoms with Gasteiger partial charge >= 0.3 is 12.7 Å². The summed E-state index contributed by atoms with van der Waals surface area (Å²) in [6.45, 7) is -1.16. The lowest BCUT2D eigenvalue weighted by Crippen LogP contribution is -2.44. The number of benzene rings is 2. The van der Waals surface area contributed by atoms with Crippen LogP contribution in [0, 0.1) is 18.4 Å².